The Bertz CT molecular complexity index is 289. The van der Waals surface area contributed by atoms with Gasteiger partial charge in [-0.05, 0) is 33.6 Å². The summed E-state index contributed by atoms with van der Waals surface area (Å²) in [6, 6.07) is 2.21. The summed E-state index contributed by atoms with van der Waals surface area (Å²) in [6.07, 6.45) is 2.80. The molecule has 0 saturated heterocycles. The first-order valence-corrected chi connectivity index (χ1v) is 5.32. The van der Waals surface area contributed by atoms with E-state index in [1.807, 2.05) is 20.8 Å². The van der Waals surface area contributed by atoms with E-state index in [0.29, 0.717) is 18.9 Å². The van der Waals surface area contributed by atoms with Crippen LogP contribution in [0.1, 0.15) is 40.0 Å². The number of nitrogens with zero attached hydrogens (tertiary/aromatic N) is 2. The van der Waals surface area contributed by atoms with Crippen LogP contribution in [0.4, 0.5) is 0 Å². The average Bonchev–Trinajstić information content (AvgIpc) is 2.80. The van der Waals surface area contributed by atoms with Gasteiger partial charge in [-0.25, -0.2) is 0 Å². The lowest BCUT2D eigenvalue weighted by Gasteiger charge is -2.21. The summed E-state index contributed by atoms with van der Waals surface area (Å²) in [5.41, 5.74) is 5.83. The fraction of sp³-hybridized carbons (Fsp3) is 0.818. The van der Waals surface area contributed by atoms with Gasteiger partial charge in [-0.15, -0.1) is 0 Å². The van der Waals surface area contributed by atoms with Crippen molar-refractivity contribution in [3.8, 4) is 6.07 Å². The van der Waals surface area contributed by atoms with Gasteiger partial charge in [0, 0.05) is 23.9 Å². The molecule has 0 bridgehead atoms. The maximum atomic E-state index is 8.65. The van der Waals surface area contributed by atoms with E-state index in [4.69, 9.17) is 11.0 Å². The van der Waals surface area contributed by atoms with Crippen LogP contribution in [0.2, 0.25) is 0 Å². The molecule has 1 aliphatic rings. The van der Waals surface area contributed by atoms with Crippen LogP contribution < -0.4 is 11.1 Å². The van der Waals surface area contributed by atoms with Gasteiger partial charge in [0.2, 0.25) is 0 Å². The minimum absolute atomic E-state index is 0.0560. The Kier molecular flexibility index (Phi) is 3.23. The summed E-state index contributed by atoms with van der Waals surface area (Å²) in [5.74, 6) is 0.478. The van der Waals surface area contributed by atoms with E-state index in [0.717, 1.165) is 12.8 Å². The molecule has 0 spiro atoms. The number of nitrogens with two attached hydrogens (primary N) is 1. The summed E-state index contributed by atoms with van der Waals surface area (Å²) in [5, 5.41) is 11.8. The number of rotatable bonds is 3. The lowest BCUT2D eigenvalue weighted by atomic mass is 10.0. The Labute approximate surface area is 91.6 Å². The molecule has 0 aromatic rings. The molecule has 0 aromatic heterocycles. The van der Waals surface area contributed by atoms with Crippen molar-refractivity contribution in [3.63, 3.8) is 0 Å². The molecule has 0 aliphatic heterocycles. The third kappa shape index (κ3) is 4.20. The van der Waals surface area contributed by atoms with E-state index in [-0.39, 0.29) is 11.0 Å². The van der Waals surface area contributed by atoms with Gasteiger partial charge in [-0.2, -0.15) is 5.26 Å². The maximum Gasteiger partial charge on any atom is 0.189 e. The Hall–Kier alpha value is -1.24. The SMILES string of the molecule is CC(C)(C)NC(N)=NCC1(CC#N)CC1. The van der Waals surface area contributed by atoms with E-state index in [2.05, 4.69) is 16.4 Å². The first-order chi connectivity index (χ1) is 6.87. The molecule has 84 valence electrons. The predicted octanol–water partition coefficient (Wildman–Crippen LogP) is 1.38. The van der Waals surface area contributed by atoms with Crippen LogP contribution in [0.3, 0.4) is 0 Å². The minimum atomic E-state index is -0.0560. The third-order valence-electron chi connectivity index (χ3n) is 2.50. The van der Waals surface area contributed by atoms with Crippen molar-refractivity contribution in [2.75, 3.05) is 6.54 Å². The fourth-order valence-electron chi connectivity index (χ4n) is 1.41. The van der Waals surface area contributed by atoms with Gasteiger partial charge in [0.05, 0.1) is 6.07 Å². The molecule has 1 fully saturated rings. The van der Waals surface area contributed by atoms with Crippen molar-refractivity contribution in [3.05, 3.63) is 0 Å². The van der Waals surface area contributed by atoms with Crippen LogP contribution in [0.5, 0.6) is 0 Å². The molecule has 1 rings (SSSR count). The van der Waals surface area contributed by atoms with Crippen LogP contribution in [0.25, 0.3) is 0 Å². The standard InChI is InChI=1S/C11H20N4/c1-10(2,3)15-9(13)14-8-11(4-5-11)6-7-12/h4-6,8H2,1-3H3,(H3,13,14,15). The third-order valence-corrected chi connectivity index (χ3v) is 2.50. The highest BCUT2D eigenvalue weighted by molar-refractivity contribution is 5.78. The second-order valence-electron chi connectivity index (χ2n) is 5.41. The maximum absolute atomic E-state index is 8.65. The molecule has 0 amide bonds. The van der Waals surface area contributed by atoms with E-state index in [1.165, 1.54) is 0 Å². The topological polar surface area (TPSA) is 74.2 Å². The van der Waals surface area contributed by atoms with Gasteiger partial charge < -0.3 is 11.1 Å². The highest BCUT2D eigenvalue weighted by atomic mass is 15.1. The van der Waals surface area contributed by atoms with Crippen molar-refractivity contribution < 1.29 is 0 Å². The summed E-state index contributed by atoms with van der Waals surface area (Å²) in [6.45, 7) is 6.79. The molecule has 0 unspecified atom stereocenters. The van der Waals surface area contributed by atoms with Crippen LogP contribution in [0.15, 0.2) is 4.99 Å². The van der Waals surface area contributed by atoms with Crippen molar-refractivity contribution in [1.29, 1.82) is 5.26 Å². The van der Waals surface area contributed by atoms with Crippen molar-refractivity contribution in [2.24, 2.45) is 16.1 Å². The lowest BCUT2D eigenvalue weighted by Crippen LogP contribution is -2.45. The quantitative estimate of drug-likeness (QED) is 0.543. The van der Waals surface area contributed by atoms with E-state index < -0.39 is 0 Å². The Morgan fingerprint density at radius 2 is 2.13 bits per heavy atom. The summed E-state index contributed by atoms with van der Waals surface area (Å²) < 4.78 is 0. The minimum Gasteiger partial charge on any atom is -0.370 e. The predicted molar refractivity (Wildman–Crippen MR) is 61.3 cm³/mol. The number of nitrogens with one attached hydrogen (secondary N) is 1. The zero-order valence-corrected chi connectivity index (χ0v) is 9.80. The highest BCUT2D eigenvalue weighted by Gasteiger charge is 2.42. The zero-order valence-electron chi connectivity index (χ0n) is 9.80. The average molecular weight is 208 g/mol. The lowest BCUT2D eigenvalue weighted by molar-refractivity contribution is 0.500. The molecule has 0 heterocycles. The van der Waals surface area contributed by atoms with Gasteiger partial charge in [0.1, 0.15) is 0 Å². The van der Waals surface area contributed by atoms with Crippen LogP contribution in [-0.2, 0) is 0 Å². The molecule has 0 atom stereocenters. The molecule has 1 aliphatic carbocycles. The number of hydrogen-bond acceptors (Lipinski definition) is 2. The first kappa shape index (κ1) is 11.8. The van der Waals surface area contributed by atoms with Crippen LogP contribution in [-0.4, -0.2) is 18.0 Å². The molecule has 3 N–H and O–H groups in total. The molecule has 4 nitrogen and oxygen atoms in total. The molecular formula is C11H20N4. The van der Waals surface area contributed by atoms with Crippen LogP contribution in [0, 0.1) is 16.7 Å². The van der Waals surface area contributed by atoms with E-state index >= 15 is 0 Å². The summed E-state index contributed by atoms with van der Waals surface area (Å²) in [4.78, 5) is 4.29. The van der Waals surface area contributed by atoms with Gasteiger partial charge in [-0.1, -0.05) is 0 Å². The molecule has 0 radical (unpaired) electrons. The van der Waals surface area contributed by atoms with Gasteiger partial charge in [0.25, 0.3) is 0 Å². The van der Waals surface area contributed by atoms with Crippen molar-refractivity contribution >= 4 is 5.96 Å². The van der Waals surface area contributed by atoms with Gasteiger partial charge >= 0.3 is 0 Å². The molecule has 1 saturated carbocycles. The molecular weight excluding hydrogens is 188 g/mol. The van der Waals surface area contributed by atoms with Gasteiger partial charge in [0.15, 0.2) is 5.96 Å². The zero-order chi connectivity index (χ0) is 11.5. The largest absolute Gasteiger partial charge is 0.370 e. The van der Waals surface area contributed by atoms with Gasteiger partial charge in [-0.3, -0.25) is 4.99 Å². The number of aliphatic imine (C=N–C) groups is 1. The summed E-state index contributed by atoms with van der Waals surface area (Å²) in [7, 11) is 0. The molecule has 0 aromatic carbocycles. The second kappa shape index (κ2) is 4.09. The molecule has 15 heavy (non-hydrogen) atoms. The number of hydrogen-bond donors (Lipinski definition) is 2. The summed E-state index contributed by atoms with van der Waals surface area (Å²) >= 11 is 0. The Balaban J connectivity index is 2.41. The highest BCUT2D eigenvalue weighted by Crippen LogP contribution is 2.48. The Morgan fingerprint density at radius 1 is 1.53 bits per heavy atom. The van der Waals surface area contributed by atoms with E-state index in [9.17, 15) is 0 Å². The number of nitriles is 1. The smallest absolute Gasteiger partial charge is 0.189 e. The van der Waals surface area contributed by atoms with Crippen LogP contribution >= 0.6 is 0 Å². The Morgan fingerprint density at radius 3 is 2.53 bits per heavy atom. The molecule has 4 heteroatoms. The van der Waals surface area contributed by atoms with Crippen molar-refractivity contribution in [1.82, 2.24) is 5.32 Å². The second-order valence-corrected chi connectivity index (χ2v) is 5.41. The van der Waals surface area contributed by atoms with Crippen molar-refractivity contribution in [2.45, 2.75) is 45.6 Å². The van der Waals surface area contributed by atoms with E-state index in [1.54, 1.807) is 0 Å². The number of guanidine groups is 1. The first-order valence-electron chi connectivity index (χ1n) is 5.32. The monoisotopic (exact) mass is 208 g/mol. The normalized spacial score (nSPS) is 19.5. The fourth-order valence-corrected chi connectivity index (χ4v) is 1.41.